The number of nitriles is 1. The van der Waals surface area contributed by atoms with Gasteiger partial charge in [-0.05, 0) is 104 Å². The van der Waals surface area contributed by atoms with Gasteiger partial charge in [0, 0.05) is 12.4 Å². The normalized spacial score (nSPS) is 22.2. The summed E-state index contributed by atoms with van der Waals surface area (Å²) in [6.07, 6.45) is 11.4. The number of allylic oxidation sites excluding steroid dienone is 1. The highest BCUT2D eigenvalue weighted by molar-refractivity contribution is 5.86. The van der Waals surface area contributed by atoms with Crippen LogP contribution in [0.1, 0.15) is 86.5 Å². The number of aryl methyl sites for hydroxylation is 1. The predicted molar refractivity (Wildman–Crippen MR) is 135 cm³/mol. The smallest absolute Gasteiger partial charge is 0.170 e. The molecule has 0 atom stereocenters. The second kappa shape index (κ2) is 9.85. The minimum absolute atomic E-state index is 0.217. The van der Waals surface area contributed by atoms with Crippen molar-refractivity contribution < 1.29 is 9.90 Å². The van der Waals surface area contributed by atoms with Crippen LogP contribution in [0.2, 0.25) is 0 Å². The van der Waals surface area contributed by atoms with Crippen molar-refractivity contribution in [1.82, 2.24) is 9.38 Å². The molecule has 1 N–H and O–H groups in total. The highest BCUT2D eigenvalue weighted by Gasteiger charge is 2.34. The fourth-order valence-corrected chi connectivity index (χ4v) is 5.48. The molecule has 2 aliphatic carbocycles. The Morgan fingerprint density at radius 2 is 1.94 bits per heavy atom. The van der Waals surface area contributed by atoms with Crippen LogP contribution in [0.25, 0.3) is 11.2 Å². The van der Waals surface area contributed by atoms with Crippen LogP contribution >= 0.6 is 0 Å². The van der Waals surface area contributed by atoms with E-state index in [4.69, 9.17) is 0 Å². The Kier molecular flexibility index (Phi) is 6.88. The molecule has 34 heavy (non-hydrogen) atoms. The fourth-order valence-electron chi connectivity index (χ4n) is 5.48. The van der Waals surface area contributed by atoms with Crippen LogP contribution in [0, 0.1) is 22.7 Å². The zero-order chi connectivity index (χ0) is 24.3. The van der Waals surface area contributed by atoms with Crippen molar-refractivity contribution in [1.29, 1.82) is 5.26 Å². The lowest BCUT2D eigenvalue weighted by Gasteiger charge is -2.34. The number of phenolic OH excluding ortho intramolecular Hbond substituents is 1. The maximum Gasteiger partial charge on any atom is 0.170 e. The molecule has 2 aromatic heterocycles. The highest BCUT2D eigenvalue weighted by Crippen LogP contribution is 2.46. The quantitative estimate of drug-likeness (QED) is 0.444. The lowest BCUT2D eigenvalue weighted by atomic mass is 9.69. The second-order valence-electron chi connectivity index (χ2n) is 9.51. The molecule has 5 rings (SSSR count). The number of aromatic nitrogens is 2. The molecule has 3 aromatic rings. The first kappa shape index (κ1) is 23.8. The van der Waals surface area contributed by atoms with Gasteiger partial charge in [0.15, 0.2) is 6.29 Å². The van der Waals surface area contributed by atoms with E-state index in [1.807, 2.05) is 36.6 Å². The fraction of sp³-hybridized carbons (Fsp3) is 0.414. The van der Waals surface area contributed by atoms with Gasteiger partial charge in [0.25, 0.3) is 0 Å². The largest absolute Gasteiger partial charge is 0.508 e. The van der Waals surface area contributed by atoms with Gasteiger partial charge in [0.1, 0.15) is 17.1 Å². The SMILES string of the molecule is CC.CC1(C#N)CCC(C2=C(c3ccn4cc(C=O)nc4c3)c3ccc(O)cc3CCC2)CC1. The Bertz CT molecular complexity index is 1270. The van der Waals surface area contributed by atoms with Crippen LogP contribution in [0.5, 0.6) is 5.75 Å². The Hall–Kier alpha value is -3.39. The summed E-state index contributed by atoms with van der Waals surface area (Å²) in [4.78, 5) is 15.7. The summed E-state index contributed by atoms with van der Waals surface area (Å²) in [5.41, 5.74) is 7.10. The number of phenols is 1. The molecule has 0 spiro atoms. The number of aldehydes is 1. The Morgan fingerprint density at radius 1 is 1.18 bits per heavy atom. The highest BCUT2D eigenvalue weighted by atomic mass is 16.3. The average Bonchev–Trinajstić information content (AvgIpc) is 3.19. The van der Waals surface area contributed by atoms with E-state index in [0.29, 0.717) is 17.4 Å². The number of fused-ring (bicyclic) bond motifs is 2. The number of hydrogen-bond acceptors (Lipinski definition) is 4. The molecular formula is C29H33N3O2. The maximum atomic E-state index is 11.2. The molecule has 176 valence electrons. The molecule has 0 aliphatic heterocycles. The van der Waals surface area contributed by atoms with E-state index in [2.05, 4.69) is 30.1 Å². The summed E-state index contributed by atoms with van der Waals surface area (Å²) in [5, 5.41) is 19.7. The third kappa shape index (κ3) is 4.50. The number of imidazole rings is 1. The lowest BCUT2D eigenvalue weighted by Crippen LogP contribution is -2.24. The molecule has 1 aromatic carbocycles. The van der Waals surface area contributed by atoms with E-state index in [0.717, 1.165) is 62.4 Å². The number of hydrogen-bond donors (Lipinski definition) is 1. The summed E-state index contributed by atoms with van der Waals surface area (Å²) in [5.74, 6) is 0.751. The Balaban J connectivity index is 0.00000133. The number of carbonyl (C=O) groups excluding carboxylic acids is 1. The van der Waals surface area contributed by atoms with E-state index in [-0.39, 0.29) is 5.41 Å². The number of rotatable bonds is 3. The van der Waals surface area contributed by atoms with Crippen molar-refractivity contribution in [2.24, 2.45) is 11.3 Å². The first-order valence-corrected chi connectivity index (χ1v) is 12.4. The van der Waals surface area contributed by atoms with Gasteiger partial charge in [-0.3, -0.25) is 4.79 Å². The minimum atomic E-state index is -0.217. The van der Waals surface area contributed by atoms with Gasteiger partial charge < -0.3 is 9.51 Å². The summed E-state index contributed by atoms with van der Waals surface area (Å²) < 4.78 is 1.88. The van der Waals surface area contributed by atoms with Gasteiger partial charge in [0.05, 0.1) is 11.5 Å². The summed E-state index contributed by atoms with van der Waals surface area (Å²) >= 11 is 0. The van der Waals surface area contributed by atoms with Crippen LogP contribution in [0.15, 0.2) is 48.3 Å². The number of pyridine rings is 1. The first-order valence-electron chi connectivity index (χ1n) is 12.4. The van der Waals surface area contributed by atoms with Crippen molar-refractivity contribution in [2.45, 2.75) is 65.7 Å². The van der Waals surface area contributed by atoms with E-state index >= 15 is 0 Å². The van der Waals surface area contributed by atoms with Crippen LogP contribution < -0.4 is 0 Å². The van der Waals surface area contributed by atoms with Crippen molar-refractivity contribution in [3.63, 3.8) is 0 Å². The molecule has 0 saturated heterocycles. The lowest BCUT2D eigenvalue weighted by molar-refractivity contribution is 0.111. The number of benzene rings is 1. The van der Waals surface area contributed by atoms with E-state index in [1.54, 1.807) is 12.3 Å². The number of aromatic hydroxyl groups is 1. The third-order valence-corrected chi connectivity index (χ3v) is 7.31. The van der Waals surface area contributed by atoms with Crippen LogP contribution in [-0.4, -0.2) is 20.8 Å². The molecule has 2 heterocycles. The van der Waals surface area contributed by atoms with Crippen LogP contribution in [0.3, 0.4) is 0 Å². The van der Waals surface area contributed by atoms with Crippen molar-refractivity contribution >= 4 is 17.5 Å². The molecule has 1 saturated carbocycles. The maximum absolute atomic E-state index is 11.2. The standard InChI is InChI=1S/C27H27N3O2.C2H6/c1-27(17-28)10-7-18(8-11-27)23-4-2-3-19-13-22(32)5-6-24(19)26(23)20-9-12-30-15-21(16-31)29-25(30)14-20;1-2/h5-6,9,12-16,18,32H,2-4,7-8,10-11H2,1H3;1-2H3. The molecule has 2 aliphatic rings. The van der Waals surface area contributed by atoms with Gasteiger partial charge in [0.2, 0.25) is 0 Å². The zero-order valence-electron chi connectivity index (χ0n) is 20.3. The molecule has 0 radical (unpaired) electrons. The first-order chi connectivity index (χ1) is 16.5. The monoisotopic (exact) mass is 455 g/mol. The van der Waals surface area contributed by atoms with Crippen molar-refractivity contribution in [3.05, 3.63) is 70.7 Å². The predicted octanol–water partition coefficient (Wildman–Crippen LogP) is 6.74. The molecule has 0 unspecified atom stereocenters. The molecule has 5 heteroatoms. The topological polar surface area (TPSA) is 78.4 Å². The second-order valence-corrected chi connectivity index (χ2v) is 9.51. The third-order valence-electron chi connectivity index (χ3n) is 7.31. The number of nitrogens with zero attached hydrogens (tertiary/aromatic N) is 3. The zero-order valence-corrected chi connectivity index (χ0v) is 20.3. The summed E-state index contributed by atoms with van der Waals surface area (Å²) in [6, 6.07) is 12.4. The van der Waals surface area contributed by atoms with Gasteiger partial charge in [-0.15, -0.1) is 0 Å². The van der Waals surface area contributed by atoms with Crippen LogP contribution in [-0.2, 0) is 6.42 Å². The van der Waals surface area contributed by atoms with Gasteiger partial charge in [-0.25, -0.2) is 4.98 Å². The van der Waals surface area contributed by atoms with Crippen molar-refractivity contribution in [2.75, 3.05) is 0 Å². The summed E-state index contributed by atoms with van der Waals surface area (Å²) in [6.45, 7) is 6.08. The molecular weight excluding hydrogens is 422 g/mol. The van der Waals surface area contributed by atoms with Gasteiger partial charge in [-0.1, -0.05) is 25.5 Å². The van der Waals surface area contributed by atoms with Crippen LogP contribution in [0.4, 0.5) is 0 Å². The van der Waals surface area contributed by atoms with Gasteiger partial charge >= 0.3 is 0 Å². The molecule has 5 nitrogen and oxygen atoms in total. The summed E-state index contributed by atoms with van der Waals surface area (Å²) in [7, 11) is 0. The van der Waals surface area contributed by atoms with Gasteiger partial charge in [-0.2, -0.15) is 5.26 Å². The molecule has 0 amide bonds. The van der Waals surface area contributed by atoms with E-state index in [9.17, 15) is 15.2 Å². The molecule has 0 bridgehead atoms. The Labute approximate surface area is 201 Å². The van der Waals surface area contributed by atoms with Crippen molar-refractivity contribution in [3.8, 4) is 11.8 Å². The number of carbonyl (C=O) groups is 1. The average molecular weight is 456 g/mol. The van der Waals surface area contributed by atoms with E-state index in [1.165, 1.54) is 22.3 Å². The minimum Gasteiger partial charge on any atom is -0.508 e. The van der Waals surface area contributed by atoms with E-state index < -0.39 is 0 Å². The Morgan fingerprint density at radius 3 is 2.65 bits per heavy atom. The molecule has 1 fully saturated rings.